The third-order valence-electron chi connectivity index (χ3n) is 3.81. The van der Waals surface area contributed by atoms with Crippen LogP contribution in [0.4, 0.5) is 0 Å². The summed E-state index contributed by atoms with van der Waals surface area (Å²) in [4.78, 5) is 16.5. The monoisotopic (exact) mass is 361 g/mol. The molecule has 0 saturated carbocycles. The van der Waals surface area contributed by atoms with Crippen molar-refractivity contribution >= 4 is 15.9 Å². The van der Waals surface area contributed by atoms with Crippen molar-refractivity contribution in [3.63, 3.8) is 0 Å². The van der Waals surface area contributed by atoms with Gasteiger partial charge in [-0.25, -0.2) is 12.7 Å². The van der Waals surface area contributed by atoms with Gasteiger partial charge >= 0.3 is 0 Å². The first-order chi connectivity index (χ1) is 11.9. The van der Waals surface area contributed by atoms with Crippen molar-refractivity contribution in [3.8, 4) is 0 Å². The van der Waals surface area contributed by atoms with Crippen LogP contribution in [-0.2, 0) is 16.6 Å². The van der Waals surface area contributed by atoms with Crippen molar-refractivity contribution in [1.82, 2.24) is 14.6 Å². The fourth-order valence-corrected chi connectivity index (χ4v) is 3.44. The molecular weight excluding hydrogens is 338 g/mol. The Morgan fingerprint density at radius 2 is 1.88 bits per heavy atom. The lowest BCUT2D eigenvalue weighted by molar-refractivity contribution is 0.0950. The lowest BCUT2D eigenvalue weighted by atomic mass is 10.2. The minimum atomic E-state index is -3.52. The Morgan fingerprint density at radius 3 is 2.48 bits per heavy atom. The van der Waals surface area contributed by atoms with E-state index >= 15 is 0 Å². The second-order valence-corrected chi connectivity index (χ2v) is 7.75. The van der Waals surface area contributed by atoms with Gasteiger partial charge in [0.05, 0.1) is 17.1 Å². The number of pyridine rings is 1. The quantitative estimate of drug-likeness (QED) is 0.783. The van der Waals surface area contributed by atoms with Crippen molar-refractivity contribution in [2.75, 3.05) is 13.6 Å². The number of carbonyl (C=O) groups excluding carboxylic acids is 1. The van der Waals surface area contributed by atoms with Crippen molar-refractivity contribution in [1.29, 1.82) is 0 Å². The summed E-state index contributed by atoms with van der Waals surface area (Å²) in [5.41, 5.74) is 1.17. The van der Waals surface area contributed by atoms with Crippen LogP contribution in [0.3, 0.4) is 0 Å². The number of sulfonamides is 1. The number of amides is 1. The Hall–Kier alpha value is -2.25. The smallest absolute Gasteiger partial charge is 0.251 e. The van der Waals surface area contributed by atoms with E-state index < -0.39 is 10.0 Å². The maximum absolute atomic E-state index is 12.4. The van der Waals surface area contributed by atoms with E-state index in [0.29, 0.717) is 18.7 Å². The summed E-state index contributed by atoms with van der Waals surface area (Å²) in [7, 11) is -1.95. The molecule has 1 heterocycles. The molecule has 0 atom stereocenters. The van der Waals surface area contributed by atoms with Gasteiger partial charge in [-0.15, -0.1) is 0 Å². The zero-order valence-electron chi connectivity index (χ0n) is 14.5. The molecule has 1 aromatic carbocycles. The first-order valence-corrected chi connectivity index (χ1v) is 9.63. The predicted molar refractivity (Wildman–Crippen MR) is 96.6 cm³/mol. The van der Waals surface area contributed by atoms with Crippen LogP contribution in [0, 0.1) is 0 Å². The maximum Gasteiger partial charge on any atom is 0.251 e. The van der Waals surface area contributed by atoms with E-state index in [0.717, 1.165) is 18.5 Å². The number of nitrogens with zero attached hydrogens (tertiary/aromatic N) is 2. The topological polar surface area (TPSA) is 79.4 Å². The fraction of sp³-hybridized carbons (Fsp3) is 0.333. The first kappa shape index (κ1) is 19.1. The summed E-state index contributed by atoms with van der Waals surface area (Å²) in [5.74, 6) is -0.270. The first-order valence-electron chi connectivity index (χ1n) is 8.19. The highest BCUT2D eigenvalue weighted by Gasteiger charge is 2.20. The summed E-state index contributed by atoms with van der Waals surface area (Å²) >= 11 is 0. The van der Waals surface area contributed by atoms with Gasteiger partial charge < -0.3 is 5.32 Å². The molecule has 2 aromatic rings. The van der Waals surface area contributed by atoms with Crippen LogP contribution in [0.2, 0.25) is 0 Å². The molecule has 0 radical (unpaired) electrons. The molecule has 0 bridgehead atoms. The summed E-state index contributed by atoms with van der Waals surface area (Å²) < 4.78 is 26.2. The van der Waals surface area contributed by atoms with Gasteiger partial charge in [0.15, 0.2) is 0 Å². The highest BCUT2D eigenvalue weighted by molar-refractivity contribution is 7.89. The minimum absolute atomic E-state index is 0.187. The molecule has 0 aliphatic rings. The summed E-state index contributed by atoms with van der Waals surface area (Å²) in [6.45, 7) is 2.81. The van der Waals surface area contributed by atoms with Gasteiger partial charge in [0, 0.05) is 25.4 Å². The zero-order valence-corrected chi connectivity index (χ0v) is 15.3. The average Bonchev–Trinajstić information content (AvgIpc) is 2.65. The van der Waals surface area contributed by atoms with Gasteiger partial charge in [0.1, 0.15) is 0 Å². The third kappa shape index (κ3) is 5.11. The fourth-order valence-electron chi connectivity index (χ4n) is 2.23. The second kappa shape index (κ2) is 8.73. The van der Waals surface area contributed by atoms with Crippen LogP contribution in [-0.4, -0.2) is 37.2 Å². The predicted octanol–water partition coefficient (Wildman–Crippen LogP) is 2.43. The van der Waals surface area contributed by atoms with Gasteiger partial charge in [-0.1, -0.05) is 19.4 Å². The molecule has 1 aromatic heterocycles. The van der Waals surface area contributed by atoms with Gasteiger partial charge in [0.2, 0.25) is 10.0 Å². The number of aromatic nitrogens is 1. The molecule has 1 N–H and O–H groups in total. The molecule has 1 amide bonds. The molecule has 0 fully saturated rings. The number of hydrogen-bond donors (Lipinski definition) is 1. The van der Waals surface area contributed by atoms with Gasteiger partial charge in [-0.2, -0.15) is 0 Å². The van der Waals surface area contributed by atoms with Crippen LogP contribution >= 0.6 is 0 Å². The molecule has 0 saturated heterocycles. The number of hydrogen-bond acceptors (Lipinski definition) is 4. The van der Waals surface area contributed by atoms with Crippen LogP contribution in [0.1, 0.15) is 35.8 Å². The molecule has 0 unspecified atom stereocenters. The van der Waals surface area contributed by atoms with Gasteiger partial charge in [-0.05, 0) is 42.8 Å². The number of carbonyl (C=O) groups is 1. The lowest BCUT2D eigenvalue weighted by Gasteiger charge is -2.17. The maximum atomic E-state index is 12.4. The highest BCUT2D eigenvalue weighted by Crippen LogP contribution is 2.16. The number of unbranched alkanes of at least 4 members (excludes halogenated alkanes) is 1. The molecule has 0 aliphatic carbocycles. The Labute approximate surface area is 148 Å². The highest BCUT2D eigenvalue weighted by atomic mass is 32.2. The van der Waals surface area contributed by atoms with Crippen molar-refractivity contribution in [3.05, 3.63) is 59.9 Å². The van der Waals surface area contributed by atoms with E-state index in [2.05, 4.69) is 10.3 Å². The Balaban J connectivity index is 2.02. The largest absolute Gasteiger partial charge is 0.346 e. The molecule has 0 spiro atoms. The standard InChI is InChI=1S/C18H23N3O3S/c1-3-4-13-21(2)25(23,24)17-10-8-15(9-11-17)18(22)20-14-16-7-5-6-12-19-16/h5-12H,3-4,13-14H2,1-2H3,(H,20,22). The zero-order chi connectivity index (χ0) is 18.3. The lowest BCUT2D eigenvalue weighted by Crippen LogP contribution is -2.28. The van der Waals surface area contributed by atoms with E-state index in [9.17, 15) is 13.2 Å². The SMILES string of the molecule is CCCCN(C)S(=O)(=O)c1ccc(C(=O)NCc2ccccn2)cc1. The van der Waals surface area contributed by atoms with E-state index in [1.165, 1.54) is 28.6 Å². The van der Waals surface area contributed by atoms with Crippen LogP contribution < -0.4 is 5.32 Å². The number of nitrogens with one attached hydrogen (secondary N) is 1. The molecule has 7 heteroatoms. The summed E-state index contributed by atoms with van der Waals surface area (Å²) in [6, 6.07) is 11.5. The summed E-state index contributed by atoms with van der Waals surface area (Å²) in [5, 5.41) is 2.76. The van der Waals surface area contributed by atoms with Crippen LogP contribution in [0.5, 0.6) is 0 Å². The van der Waals surface area contributed by atoms with Crippen LogP contribution in [0.15, 0.2) is 53.6 Å². The number of rotatable bonds is 8. The molecular formula is C18H23N3O3S. The van der Waals surface area contributed by atoms with Crippen LogP contribution in [0.25, 0.3) is 0 Å². The molecule has 0 aliphatic heterocycles. The van der Waals surface area contributed by atoms with Crippen molar-refractivity contribution < 1.29 is 13.2 Å². The van der Waals surface area contributed by atoms with E-state index in [-0.39, 0.29) is 10.8 Å². The second-order valence-electron chi connectivity index (χ2n) is 5.71. The van der Waals surface area contributed by atoms with Gasteiger partial charge in [-0.3, -0.25) is 9.78 Å². The normalized spacial score (nSPS) is 11.5. The van der Waals surface area contributed by atoms with E-state index in [1.54, 1.807) is 13.2 Å². The van der Waals surface area contributed by atoms with Crippen molar-refractivity contribution in [2.24, 2.45) is 0 Å². The van der Waals surface area contributed by atoms with Gasteiger partial charge in [0.25, 0.3) is 5.91 Å². The molecule has 6 nitrogen and oxygen atoms in total. The van der Waals surface area contributed by atoms with Crippen molar-refractivity contribution in [2.45, 2.75) is 31.2 Å². The third-order valence-corrected chi connectivity index (χ3v) is 5.68. The average molecular weight is 361 g/mol. The molecule has 25 heavy (non-hydrogen) atoms. The Kier molecular flexibility index (Phi) is 6.66. The minimum Gasteiger partial charge on any atom is -0.346 e. The summed E-state index contributed by atoms with van der Waals surface area (Å²) in [6.07, 6.45) is 3.40. The Bertz CT molecular complexity index is 790. The Morgan fingerprint density at radius 1 is 1.16 bits per heavy atom. The molecule has 2 rings (SSSR count). The van der Waals surface area contributed by atoms with E-state index in [4.69, 9.17) is 0 Å². The number of benzene rings is 1. The molecule has 134 valence electrons. The van der Waals surface area contributed by atoms with E-state index in [1.807, 2.05) is 25.1 Å².